The zero-order chi connectivity index (χ0) is 20.2. The zero-order valence-electron chi connectivity index (χ0n) is 16.1. The van der Waals surface area contributed by atoms with Gasteiger partial charge in [-0.1, -0.05) is 48.0 Å². The van der Waals surface area contributed by atoms with Crippen LogP contribution in [0.5, 0.6) is 0 Å². The predicted molar refractivity (Wildman–Crippen MR) is 113 cm³/mol. The summed E-state index contributed by atoms with van der Waals surface area (Å²) >= 11 is 6.45. The molecule has 152 valence electrons. The van der Waals surface area contributed by atoms with Gasteiger partial charge >= 0.3 is 0 Å². The van der Waals surface area contributed by atoms with Crippen LogP contribution in [-0.4, -0.2) is 49.6 Å². The molecule has 29 heavy (non-hydrogen) atoms. The van der Waals surface area contributed by atoms with Gasteiger partial charge in [-0.3, -0.25) is 9.59 Å². The Morgan fingerprint density at radius 2 is 1.86 bits per heavy atom. The molecule has 0 radical (unpaired) electrons. The van der Waals surface area contributed by atoms with E-state index in [1.807, 2.05) is 48.5 Å². The summed E-state index contributed by atoms with van der Waals surface area (Å²) < 4.78 is 5.42. The van der Waals surface area contributed by atoms with Crippen molar-refractivity contribution in [2.24, 2.45) is 5.92 Å². The highest BCUT2D eigenvalue weighted by atomic mass is 35.5. The molecule has 2 aromatic rings. The number of amides is 2. The van der Waals surface area contributed by atoms with E-state index in [9.17, 15) is 9.59 Å². The number of rotatable bonds is 5. The van der Waals surface area contributed by atoms with Crippen LogP contribution in [0.25, 0.3) is 0 Å². The summed E-state index contributed by atoms with van der Waals surface area (Å²) in [6, 6.07) is 15.3. The van der Waals surface area contributed by atoms with Gasteiger partial charge in [0.05, 0.1) is 35.5 Å². The number of ether oxygens (including phenoxy) is 1. The fraction of sp³-hybridized carbons (Fsp3) is 0.364. The second-order valence-corrected chi connectivity index (χ2v) is 7.79. The molecule has 1 unspecified atom stereocenters. The number of carbonyl (C=O) groups is 2. The summed E-state index contributed by atoms with van der Waals surface area (Å²) in [7, 11) is 0. The van der Waals surface area contributed by atoms with Crippen molar-refractivity contribution in [2.75, 3.05) is 43.1 Å². The van der Waals surface area contributed by atoms with Crippen molar-refractivity contribution in [3.05, 3.63) is 59.1 Å². The number of carbonyl (C=O) groups excluding carboxylic acids is 2. The zero-order valence-corrected chi connectivity index (χ0v) is 16.9. The number of hydrogen-bond acceptors (Lipinski definition) is 4. The summed E-state index contributed by atoms with van der Waals surface area (Å²) in [4.78, 5) is 29.2. The van der Waals surface area contributed by atoms with Crippen molar-refractivity contribution in [3.8, 4) is 0 Å². The molecular weight excluding hydrogens is 390 g/mol. The Labute approximate surface area is 175 Å². The van der Waals surface area contributed by atoms with E-state index in [0.29, 0.717) is 37.0 Å². The molecular formula is C22H24ClN3O3. The Kier molecular flexibility index (Phi) is 6.02. The minimum Gasteiger partial charge on any atom is -0.378 e. The predicted octanol–water partition coefficient (Wildman–Crippen LogP) is 3.16. The molecule has 0 spiro atoms. The third-order valence-electron chi connectivity index (χ3n) is 5.37. The summed E-state index contributed by atoms with van der Waals surface area (Å²) in [5.41, 5.74) is 2.56. The minimum absolute atomic E-state index is 0.00787. The topological polar surface area (TPSA) is 61.9 Å². The number of morpholine rings is 1. The van der Waals surface area contributed by atoms with Crippen LogP contribution in [-0.2, 0) is 20.9 Å². The molecule has 4 rings (SSSR count). The standard InChI is InChI=1S/C22H24ClN3O3/c23-18-7-4-8-19(21(18)25-9-11-29-12-10-25)24-22(28)17-13-20(27)26(15-17)14-16-5-2-1-3-6-16/h1-8,17H,9-15H2,(H,24,28). The largest absolute Gasteiger partial charge is 0.378 e. The lowest BCUT2D eigenvalue weighted by Crippen LogP contribution is -2.37. The lowest BCUT2D eigenvalue weighted by atomic mass is 10.1. The van der Waals surface area contributed by atoms with Crippen LogP contribution in [0.15, 0.2) is 48.5 Å². The highest BCUT2D eigenvalue weighted by Crippen LogP contribution is 2.35. The van der Waals surface area contributed by atoms with Gasteiger partial charge in [0.2, 0.25) is 11.8 Å². The Hall–Kier alpha value is -2.57. The maximum atomic E-state index is 12.9. The van der Waals surface area contributed by atoms with Gasteiger partial charge in [0.1, 0.15) is 0 Å². The van der Waals surface area contributed by atoms with Crippen LogP contribution in [0.2, 0.25) is 5.02 Å². The number of halogens is 1. The highest BCUT2D eigenvalue weighted by Gasteiger charge is 2.34. The van der Waals surface area contributed by atoms with Crippen molar-refractivity contribution >= 4 is 34.8 Å². The van der Waals surface area contributed by atoms with Gasteiger partial charge in [-0.15, -0.1) is 0 Å². The first-order valence-electron chi connectivity index (χ1n) is 9.85. The smallest absolute Gasteiger partial charge is 0.229 e. The molecule has 2 aliphatic rings. The van der Waals surface area contributed by atoms with Gasteiger partial charge in [-0.25, -0.2) is 0 Å². The summed E-state index contributed by atoms with van der Waals surface area (Å²) in [6.45, 7) is 3.65. The fourth-order valence-electron chi connectivity index (χ4n) is 3.86. The minimum atomic E-state index is -0.372. The third-order valence-corrected chi connectivity index (χ3v) is 5.68. The first-order chi connectivity index (χ1) is 14.1. The highest BCUT2D eigenvalue weighted by molar-refractivity contribution is 6.34. The van der Waals surface area contributed by atoms with E-state index in [2.05, 4.69) is 10.2 Å². The van der Waals surface area contributed by atoms with Crippen LogP contribution in [0.1, 0.15) is 12.0 Å². The summed E-state index contributed by atoms with van der Waals surface area (Å²) in [6.07, 6.45) is 0.228. The van der Waals surface area contributed by atoms with Crippen molar-refractivity contribution in [3.63, 3.8) is 0 Å². The number of anilines is 2. The molecule has 2 fully saturated rings. The number of likely N-dealkylation sites (tertiary alicyclic amines) is 1. The van der Waals surface area contributed by atoms with Crippen LogP contribution in [0.4, 0.5) is 11.4 Å². The number of nitrogens with zero attached hydrogens (tertiary/aromatic N) is 2. The molecule has 2 amide bonds. The van der Waals surface area contributed by atoms with E-state index >= 15 is 0 Å². The quantitative estimate of drug-likeness (QED) is 0.817. The Balaban J connectivity index is 1.45. The number of nitrogens with one attached hydrogen (secondary N) is 1. The Morgan fingerprint density at radius 1 is 1.10 bits per heavy atom. The number of benzene rings is 2. The first-order valence-corrected chi connectivity index (χ1v) is 10.2. The number of hydrogen-bond donors (Lipinski definition) is 1. The van der Waals surface area contributed by atoms with E-state index in [0.717, 1.165) is 24.3 Å². The van der Waals surface area contributed by atoms with E-state index in [1.54, 1.807) is 4.90 Å². The Morgan fingerprint density at radius 3 is 2.62 bits per heavy atom. The van der Waals surface area contributed by atoms with E-state index in [1.165, 1.54) is 0 Å². The van der Waals surface area contributed by atoms with E-state index in [-0.39, 0.29) is 24.2 Å². The third kappa shape index (κ3) is 4.54. The van der Waals surface area contributed by atoms with Crippen LogP contribution in [0, 0.1) is 5.92 Å². The number of para-hydroxylation sites is 1. The molecule has 1 N–H and O–H groups in total. The SMILES string of the molecule is O=C(Nc1cccc(Cl)c1N1CCOCC1)C1CC(=O)N(Cc2ccccc2)C1. The van der Waals surface area contributed by atoms with Gasteiger partial charge in [0, 0.05) is 32.6 Å². The molecule has 0 aliphatic carbocycles. The van der Waals surface area contributed by atoms with Gasteiger partial charge in [0.25, 0.3) is 0 Å². The average Bonchev–Trinajstić information content (AvgIpc) is 3.10. The van der Waals surface area contributed by atoms with E-state index in [4.69, 9.17) is 16.3 Å². The van der Waals surface area contributed by atoms with Crippen LogP contribution < -0.4 is 10.2 Å². The molecule has 0 bridgehead atoms. The molecule has 6 nitrogen and oxygen atoms in total. The summed E-state index contributed by atoms with van der Waals surface area (Å²) in [5, 5.41) is 3.61. The monoisotopic (exact) mass is 413 g/mol. The van der Waals surface area contributed by atoms with Crippen molar-refractivity contribution < 1.29 is 14.3 Å². The maximum absolute atomic E-state index is 12.9. The molecule has 2 aromatic carbocycles. The second kappa shape index (κ2) is 8.84. The normalized spacial score (nSPS) is 19.5. The van der Waals surface area contributed by atoms with Crippen molar-refractivity contribution in [2.45, 2.75) is 13.0 Å². The fourth-order valence-corrected chi connectivity index (χ4v) is 4.16. The molecule has 7 heteroatoms. The van der Waals surface area contributed by atoms with Gasteiger partial charge < -0.3 is 19.9 Å². The van der Waals surface area contributed by atoms with Crippen LogP contribution in [0.3, 0.4) is 0 Å². The molecule has 0 saturated carbocycles. The maximum Gasteiger partial charge on any atom is 0.229 e. The lowest BCUT2D eigenvalue weighted by molar-refractivity contribution is -0.128. The molecule has 1 atom stereocenters. The molecule has 0 aromatic heterocycles. The molecule has 2 aliphatic heterocycles. The molecule has 2 saturated heterocycles. The van der Waals surface area contributed by atoms with Crippen molar-refractivity contribution in [1.29, 1.82) is 0 Å². The summed E-state index contributed by atoms with van der Waals surface area (Å²) in [5.74, 6) is -0.512. The van der Waals surface area contributed by atoms with Gasteiger partial charge in [0.15, 0.2) is 0 Å². The van der Waals surface area contributed by atoms with Gasteiger partial charge in [-0.2, -0.15) is 0 Å². The van der Waals surface area contributed by atoms with Crippen molar-refractivity contribution in [1.82, 2.24) is 4.90 Å². The van der Waals surface area contributed by atoms with Crippen LogP contribution >= 0.6 is 11.6 Å². The van der Waals surface area contributed by atoms with E-state index < -0.39 is 0 Å². The molecule has 2 heterocycles. The lowest BCUT2D eigenvalue weighted by Gasteiger charge is -2.31. The average molecular weight is 414 g/mol. The van der Waals surface area contributed by atoms with Gasteiger partial charge in [-0.05, 0) is 17.7 Å². The Bertz CT molecular complexity index is 884. The second-order valence-electron chi connectivity index (χ2n) is 7.39. The first kappa shape index (κ1) is 19.7.